The van der Waals surface area contributed by atoms with Crippen molar-refractivity contribution in [3.05, 3.63) is 84.2 Å². The zero-order valence-corrected chi connectivity index (χ0v) is 14.8. The largest absolute Gasteiger partial charge is 0.488 e. The molecule has 0 radical (unpaired) electrons. The molecule has 4 rings (SSSR count). The third-order valence-corrected chi connectivity index (χ3v) is 4.07. The number of rotatable bonds is 6. The maximum Gasteiger partial charge on any atom is 0.262 e. The number of carbonyl (C=O) groups is 1. The lowest BCUT2D eigenvalue weighted by Crippen LogP contribution is -2.10. The van der Waals surface area contributed by atoms with E-state index in [1.54, 1.807) is 36.7 Å². The van der Waals surface area contributed by atoms with Crippen molar-refractivity contribution in [2.45, 2.75) is 6.61 Å². The molecule has 2 aromatic carbocycles. The highest BCUT2D eigenvalue weighted by Gasteiger charge is 2.15. The third kappa shape index (κ3) is 3.73. The van der Waals surface area contributed by atoms with Gasteiger partial charge in [-0.25, -0.2) is 0 Å². The minimum atomic E-state index is -0.514. The van der Waals surface area contributed by atoms with E-state index in [4.69, 9.17) is 15.0 Å². The first kappa shape index (κ1) is 17.4. The van der Waals surface area contributed by atoms with Crippen LogP contribution in [0.3, 0.4) is 0 Å². The fraction of sp³-hybridized carbons (Fsp3) is 0.0476. The number of hydrogen-bond acceptors (Lipinski definition) is 6. The highest BCUT2D eigenvalue weighted by atomic mass is 16.5. The quantitative estimate of drug-likeness (QED) is 0.556. The van der Waals surface area contributed by atoms with Crippen LogP contribution in [0.25, 0.3) is 22.8 Å². The van der Waals surface area contributed by atoms with E-state index < -0.39 is 5.91 Å². The molecule has 0 fully saturated rings. The van der Waals surface area contributed by atoms with E-state index in [0.717, 1.165) is 5.56 Å². The van der Waals surface area contributed by atoms with Crippen molar-refractivity contribution in [2.75, 3.05) is 0 Å². The molecule has 0 aliphatic carbocycles. The summed E-state index contributed by atoms with van der Waals surface area (Å²) >= 11 is 0. The molecule has 28 heavy (non-hydrogen) atoms. The lowest BCUT2D eigenvalue weighted by Gasteiger charge is -2.08. The molecule has 0 atom stereocenters. The number of nitrogens with zero attached hydrogens (tertiary/aromatic N) is 3. The van der Waals surface area contributed by atoms with Crippen molar-refractivity contribution in [1.29, 1.82) is 0 Å². The van der Waals surface area contributed by atoms with Crippen molar-refractivity contribution in [2.24, 2.45) is 5.73 Å². The Hall–Kier alpha value is -4.00. The average Bonchev–Trinajstić information content (AvgIpc) is 3.23. The number of carbonyl (C=O) groups excluding carboxylic acids is 1. The number of pyridine rings is 1. The van der Waals surface area contributed by atoms with Gasteiger partial charge < -0.3 is 15.0 Å². The van der Waals surface area contributed by atoms with Crippen LogP contribution >= 0.6 is 0 Å². The highest BCUT2D eigenvalue weighted by Crippen LogP contribution is 2.30. The number of benzene rings is 2. The van der Waals surface area contributed by atoms with Crippen LogP contribution in [-0.4, -0.2) is 21.0 Å². The first-order valence-corrected chi connectivity index (χ1v) is 8.56. The highest BCUT2D eigenvalue weighted by molar-refractivity contribution is 5.93. The van der Waals surface area contributed by atoms with E-state index in [2.05, 4.69) is 15.1 Å². The second-order valence-electron chi connectivity index (χ2n) is 6.01. The van der Waals surface area contributed by atoms with Crippen LogP contribution < -0.4 is 10.5 Å². The summed E-state index contributed by atoms with van der Waals surface area (Å²) < 4.78 is 11.3. The first-order valence-electron chi connectivity index (χ1n) is 8.56. The molecule has 2 N–H and O–H groups in total. The van der Waals surface area contributed by atoms with E-state index in [1.807, 2.05) is 36.4 Å². The molecule has 0 saturated carbocycles. The molecule has 7 heteroatoms. The predicted molar refractivity (Wildman–Crippen MR) is 102 cm³/mol. The maximum atomic E-state index is 11.4. The molecule has 0 spiro atoms. The minimum Gasteiger partial charge on any atom is -0.488 e. The van der Waals surface area contributed by atoms with Crippen molar-refractivity contribution in [3.8, 4) is 28.6 Å². The zero-order chi connectivity index (χ0) is 19.3. The number of primary amides is 1. The molecule has 0 unspecified atom stereocenters. The Morgan fingerprint density at radius 3 is 2.79 bits per heavy atom. The van der Waals surface area contributed by atoms with Gasteiger partial charge in [0.25, 0.3) is 5.89 Å². The monoisotopic (exact) mass is 372 g/mol. The van der Waals surface area contributed by atoms with Gasteiger partial charge in [-0.2, -0.15) is 4.98 Å². The first-order chi connectivity index (χ1) is 13.7. The van der Waals surface area contributed by atoms with E-state index >= 15 is 0 Å². The molecule has 0 saturated heterocycles. The molecular weight excluding hydrogens is 356 g/mol. The summed E-state index contributed by atoms with van der Waals surface area (Å²) in [6, 6.07) is 18.0. The van der Waals surface area contributed by atoms with Gasteiger partial charge >= 0.3 is 0 Å². The van der Waals surface area contributed by atoms with Gasteiger partial charge in [-0.3, -0.25) is 9.78 Å². The molecule has 0 aliphatic heterocycles. The molecule has 2 heterocycles. The Labute approximate surface area is 160 Å². The van der Waals surface area contributed by atoms with Gasteiger partial charge in [0.05, 0.1) is 5.56 Å². The second kappa shape index (κ2) is 7.71. The van der Waals surface area contributed by atoms with Crippen LogP contribution in [0.2, 0.25) is 0 Å². The summed E-state index contributed by atoms with van der Waals surface area (Å²) in [5, 5.41) is 4.02. The zero-order valence-electron chi connectivity index (χ0n) is 14.8. The Kier molecular flexibility index (Phi) is 4.79. The van der Waals surface area contributed by atoms with Crippen molar-refractivity contribution < 1.29 is 14.1 Å². The number of ether oxygens (including phenoxy) is 1. The topological polar surface area (TPSA) is 104 Å². The number of nitrogens with two attached hydrogens (primary N) is 1. The lowest BCUT2D eigenvalue weighted by molar-refractivity contribution is 0.100. The Morgan fingerprint density at radius 1 is 1.07 bits per heavy atom. The molecule has 138 valence electrons. The second-order valence-corrected chi connectivity index (χ2v) is 6.01. The lowest BCUT2D eigenvalue weighted by atomic mass is 10.1. The Balaban J connectivity index is 1.60. The van der Waals surface area contributed by atoms with Crippen LogP contribution in [0.15, 0.2) is 77.6 Å². The fourth-order valence-electron chi connectivity index (χ4n) is 2.68. The smallest absolute Gasteiger partial charge is 0.262 e. The van der Waals surface area contributed by atoms with Crippen LogP contribution in [0.1, 0.15) is 15.9 Å². The van der Waals surface area contributed by atoms with Crippen molar-refractivity contribution in [3.63, 3.8) is 0 Å². The van der Waals surface area contributed by atoms with Crippen LogP contribution in [0, 0.1) is 0 Å². The van der Waals surface area contributed by atoms with Gasteiger partial charge in [-0.1, -0.05) is 35.5 Å². The van der Waals surface area contributed by atoms with Crippen molar-refractivity contribution >= 4 is 5.91 Å². The van der Waals surface area contributed by atoms with Crippen LogP contribution in [0.5, 0.6) is 5.75 Å². The summed E-state index contributed by atoms with van der Waals surface area (Å²) in [4.78, 5) is 19.9. The molecule has 1 amide bonds. The van der Waals surface area contributed by atoms with Gasteiger partial charge in [-0.05, 0) is 30.3 Å². The van der Waals surface area contributed by atoms with E-state index in [0.29, 0.717) is 40.8 Å². The molecule has 0 aliphatic rings. The standard InChI is InChI=1S/C21H16N4O3/c22-19(26)15-6-3-7-16(11-15)20-24-21(28-25-20)17-8-1-2-9-18(17)27-13-14-5-4-10-23-12-14/h1-12H,13H2,(H2,22,26). The molecule has 7 nitrogen and oxygen atoms in total. The summed E-state index contributed by atoms with van der Waals surface area (Å²) in [5.74, 6) is 0.786. The van der Waals surface area contributed by atoms with Crippen LogP contribution in [0.4, 0.5) is 0 Å². The number of aromatic nitrogens is 3. The van der Waals surface area contributed by atoms with Gasteiger partial charge in [0.15, 0.2) is 0 Å². The molecular formula is C21H16N4O3. The maximum absolute atomic E-state index is 11.4. The van der Waals surface area contributed by atoms with Gasteiger partial charge in [0.2, 0.25) is 11.7 Å². The van der Waals surface area contributed by atoms with Crippen LogP contribution in [-0.2, 0) is 6.61 Å². The summed E-state index contributed by atoms with van der Waals surface area (Å²) in [7, 11) is 0. The van der Waals surface area contributed by atoms with E-state index in [9.17, 15) is 4.79 Å². The van der Waals surface area contributed by atoms with Gasteiger partial charge in [0.1, 0.15) is 12.4 Å². The predicted octanol–water partition coefficient (Wildman–Crippen LogP) is 3.48. The molecule has 2 aromatic heterocycles. The minimum absolute atomic E-state index is 0.321. The van der Waals surface area contributed by atoms with E-state index in [-0.39, 0.29) is 0 Å². The fourth-order valence-corrected chi connectivity index (χ4v) is 2.68. The Bertz CT molecular complexity index is 1110. The SMILES string of the molecule is NC(=O)c1cccc(-c2noc(-c3ccccc3OCc3cccnc3)n2)c1. The molecule has 4 aromatic rings. The number of hydrogen-bond donors (Lipinski definition) is 1. The summed E-state index contributed by atoms with van der Waals surface area (Å²) in [5.41, 5.74) is 7.98. The normalized spacial score (nSPS) is 10.6. The number of amides is 1. The Morgan fingerprint density at radius 2 is 1.96 bits per heavy atom. The van der Waals surface area contributed by atoms with Crippen molar-refractivity contribution in [1.82, 2.24) is 15.1 Å². The average molecular weight is 372 g/mol. The van der Waals surface area contributed by atoms with E-state index in [1.165, 1.54) is 0 Å². The number of para-hydroxylation sites is 1. The molecule has 0 bridgehead atoms. The van der Waals surface area contributed by atoms with Gasteiger partial charge in [0, 0.05) is 29.1 Å². The third-order valence-electron chi connectivity index (χ3n) is 4.07. The van der Waals surface area contributed by atoms with Gasteiger partial charge in [-0.15, -0.1) is 0 Å². The summed E-state index contributed by atoms with van der Waals surface area (Å²) in [6.45, 7) is 0.368. The summed E-state index contributed by atoms with van der Waals surface area (Å²) in [6.07, 6.45) is 3.46.